The molecular weight excluding hydrogens is 236 g/mol. The first-order chi connectivity index (χ1) is 8.44. The molecule has 0 fully saturated rings. The van der Waals surface area contributed by atoms with E-state index in [-0.39, 0.29) is 11.3 Å². The van der Waals surface area contributed by atoms with E-state index in [0.717, 1.165) is 0 Å². The minimum Gasteiger partial charge on any atom is -0.478 e. The Balaban J connectivity index is 2.98. The third-order valence-corrected chi connectivity index (χ3v) is 2.91. The third kappa shape index (κ3) is 2.84. The number of anilines is 1. The van der Waals surface area contributed by atoms with Gasteiger partial charge >= 0.3 is 5.97 Å². The van der Waals surface area contributed by atoms with Crippen LogP contribution in [0.3, 0.4) is 0 Å². The summed E-state index contributed by atoms with van der Waals surface area (Å²) >= 11 is 0. The SMILES string of the molecule is CCC(C)(OC)C(=O)Nc1cnccc1C(=O)O. The zero-order valence-corrected chi connectivity index (χ0v) is 10.6. The second-order valence-electron chi connectivity index (χ2n) is 3.97. The van der Waals surface area contributed by atoms with Gasteiger partial charge in [0.2, 0.25) is 0 Å². The summed E-state index contributed by atoms with van der Waals surface area (Å²) in [6.45, 7) is 3.45. The fourth-order valence-electron chi connectivity index (χ4n) is 1.33. The number of nitrogens with one attached hydrogen (secondary N) is 1. The summed E-state index contributed by atoms with van der Waals surface area (Å²) in [5.41, 5.74) is -0.842. The Labute approximate surface area is 105 Å². The van der Waals surface area contributed by atoms with Crippen LogP contribution in [0.4, 0.5) is 5.69 Å². The zero-order chi connectivity index (χ0) is 13.8. The standard InChI is InChI=1S/C12H16N2O4/c1-4-12(2,18-3)11(17)14-9-7-13-6-5-8(9)10(15)16/h5-7H,4H2,1-3H3,(H,14,17)(H,15,16). The highest BCUT2D eigenvalue weighted by atomic mass is 16.5. The van der Waals surface area contributed by atoms with Crippen molar-refractivity contribution in [3.63, 3.8) is 0 Å². The Kier molecular flexibility index (Phi) is 4.38. The third-order valence-electron chi connectivity index (χ3n) is 2.91. The average Bonchev–Trinajstić information content (AvgIpc) is 2.38. The Morgan fingerprint density at radius 2 is 2.22 bits per heavy atom. The van der Waals surface area contributed by atoms with E-state index < -0.39 is 17.5 Å². The summed E-state index contributed by atoms with van der Waals surface area (Å²) in [5, 5.41) is 11.5. The highest BCUT2D eigenvalue weighted by Gasteiger charge is 2.31. The maximum atomic E-state index is 12.0. The lowest BCUT2D eigenvalue weighted by Gasteiger charge is -2.25. The van der Waals surface area contributed by atoms with Gasteiger partial charge in [0.1, 0.15) is 5.60 Å². The molecule has 0 saturated carbocycles. The molecule has 0 aliphatic carbocycles. The zero-order valence-electron chi connectivity index (χ0n) is 10.6. The molecule has 1 amide bonds. The monoisotopic (exact) mass is 252 g/mol. The number of hydrogen-bond acceptors (Lipinski definition) is 4. The molecule has 98 valence electrons. The predicted molar refractivity (Wildman–Crippen MR) is 65.5 cm³/mol. The molecule has 1 aromatic heterocycles. The maximum absolute atomic E-state index is 12.0. The Hall–Kier alpha value is -1.95. The van der Waals surface area contributed by atoms with Crippen LogP contribution in [0.1, 0.15) is 30.6 Å². The Morgan fingerprint density at radius 3 is 2.72 bits per heavy atom. The fourth-order valence-corrected chi connectivity index (χ4v) is 1.33. The van der Waals surface area contributed by atoms with Crippen LogP contribution in [0.2, 0.25) is 0 Å². The highest BCUT2D eigenvalue weighted by molar-refractivity contribution is 6.02. The van der Waals surface area contributed by atoms with E-state index in [0.29, 0.717) is 6.42 Å². The van der Waals surface area contributed by atoms with Crippen molar-refractivity contribution in [1.29, 1.82) is 0 Å². The first kappa shape index (κ1) is 14.1. The van der Waals surface area contributed by atoms with Gasteiger partial charge in [-0.25, -0.2) is 4.79 Å². The van der Waals surface area contributed by atoms with Gasteiger partial charge < -0.3 is 15.2 Å². The number of hydrogen-bond donors (Lipinski definition) is 2. The van der Waals surface area contributed by atoms with Gasteiger partial charge in [-0.05, 0) is 19.4 Å². The summed E-state index contributed by atoms with van der Waals surface area (Å²) in [7, 11) is 1.43. The van der Waals surface area contributed by atoms with Crippen molar-refractivity contribution in [3.05, 3.63) is 24.0 Å². The molecule has 0 spiro atoms. The van der Waals surface area contributed by atoms with Crippen LogP contribution < -0.4 is 5.32 Å². The van der Waals surface area contributed by atoms with Crippen LogP contribution in [0, 0.1) is 0 Å². The molecule has 1 aromatic rings. The first-order valence-corrected chi connectivity index (χ1v) is 5.48. The lowest BCUT2D eigenvalue weighted by molar-refractivity contribution is -0.136. The number of ether oxygens (including phenoxy) is 1. The van der Waals surface area contributed by atoms with Crippen molar-refractivity contribution >= 4 is 17.6 Å². The average molecular weight is 252 g/mol. The van der Waals surface area contributed by atoms with Crippen LogP contribution >= 0.6 is 0 Å². The fraction of sp³-hybridized carbons (Fsp3) is 0.417. The van der Waals surface area contributed by atoms with Gasteiger partial charge in [0.25, 0.3) is 5.91 Å². The molecule has 0 aliphatic rings. The number of carboxylic acids is 1. The molecule has 0 aliphatic heterocycles. The summed E-state index contributed by atoms with van der Waals surface area (Å²) in [6.07, 6.45) is 3.12. The van der Waals surface area contributed by atoms with Gasteiger partial charge in [-0.2, -0.15) is 0 Å². The van der Waals surface area contributed by atoms with E-state index in [2.05, 4.69) is 10.3 Å². The number of pyridine rings is 1. The van der Waals surface area contributed by atoms with Crippen molar-refractivity contribution in [2.24, 2.45) is 0 Å². The minimum absolute atomic E-state index is 0.00657. The van der Waals surface area contributed by atoms with Crippen LogP contribution in [-0.4, -0.2) is 34.7 Å². The molecule has 0 aromatic carbocycles. The number of methoxy groups -OCH3 is 1. The first-order valence-electron chi connectivity index (χ1n) is 5.48. The molecule has 6 heteroatoms. The van der Waals surface area contributed by atoms with Gasteiger partial charge in [0, 0.05) is 13.3 Å². The molecule has 0 radical (unpaired) electrons. The number of rotatable bonds is 5. The van der Waals surface area contributed by atoms with E-state index in [4.69, 9.17) is 9.84 Å². The van der Waals surface area contributed by atoms with Crippen LogP contribution in [0.15, 0.2) is 18.5 Å². The molecule has 18 heavy (non-hydrogen) atoms. The van der Waals surface area contributed by atoms with E-state index in [1.54, 1.807) is 6.92 Å². The molecule has 0 saturated heterocycles. The number of carbonyl (C=O) groups is 2. The van der Waals surface area contributed by atoms with Crippen LogP contribution in [-0.2, 0) is 9.53 Å². The number of amides is 1. The predicted octanol–water partition coefficient (Wildman–Crippen LogP) is 1.53. The maximum Gasteiger partial charge on any atom is 0.337 e. The summed E-state index contributed by atoms with van der Waals surface area (Å²) in [6, 6.07) is 1.33. The molecule has 1 rings (SSSR count). The lowest BCUT2D eigenvalue weighted by Crippen LogP contribution is -2.41. The smallest absolute Gasteiger partial charge is 0.337 e. The van der Waals surface area contributed by atoms with Crippen LogP contribution in [0.25, 0.3) is 0 Å². The van der Waals surface area contributed by atoms with Crippen LogP contribution in [0.5, 0.6) is 0 Å². The molecule has 2 N–H and O–H groups in total. The second kappa shape index (κ2) is 5.59. The van der Waals surface area contributed by atoms with Gasteiger partial charge in [-0.3, -0.25) is 9.78 Å². The van der Waals surface area contributed by atoms with Gasteiger partial charge in [0.05, 0.1) is 17.4 Å². The minimum atomic E-state index is -1.12. The number of nitrogens with zero attached hydrogens (tertiary/aromatic N) is 1. The van der Waals surface area contributed by atoms with E-state index in [1.165, 1.54) is 25.6 Å². The van der Waals surface area contributed by atoms with Crippen molar-refractivity contribution in [1.82, 2.24) is 4.98 Å². The van der Waals surface area contributed by atoms with E-state index in [9.17, 15) is 9.59 Å². The molecule has 1 unspecified atom stereocenters. The number of carbonyl (C=O) groups excluding carboxylic acids is 1. The van der Waals surface area contributed by atoms with E-state index >= 15 is 0 Å². The second-order valence-corrected chi connectivity index (χ2v) is 3.97. The quantitative estimate of drug-likeness (QED) is 0.829. The lowest BCUT2D eigenvalue weighted by atomic mass is 10.0. The largest absolute Gasteiger partial charge is 0.478 e. The number of carboxylic acid groups (broad SMARTS) is 1. The van der Waals surface area contributed by atoms with Crippen molar-refractivity contribution in [2.75, 3.05) is 12.4 Å². The number of aromatic carboxylic acids is 1. The summed E-state index contributed by atoms with van der Waals surface area (Å²) in [4.78, 5) is 26.8. The molecule has 1 atom stereocenters. The van der Waals surface area contributed by atoms with Gasteiger partial charge in [-0.1, -0.05) is 6.92 Å². The van der Waals surface area contributed by atoms with Gasteiger partial charge in [0.15, 0.2) is 0 Å². The molecule has 0 bridgehead atoms. The molecule has 6 nitrogen and oxygen atoms in total. The Morgan fingerprint density at radius 1 is 1.56 bits per heavy atom. The molecule has 1 heterocycles. The van der Waals surface area contributed by atoms with E-state index in [1.807, 2.05) is 6.92 Å². The number of aromatic nitrogens is 1. The van der Waals surface area contributed by atoms with Crippen molar-refractivity contribution < 1.29 is 19.4 Å². The summed E-state index contributed by atoms with van der Waals surface area (Å²) < 4.78 is 5.14. The highest BCUT2D eigenvalue weighted by Crippen LogP contribution is 2.19. The summed E-state index contributed by atoms with van der Waals surface area (Å²) in [5.74, 6) is -1.52. The normalized spacial score (nSPS) is 13.7. The Bertz CT molecular complexity index is 455. The van der Waals surface area contributed by atoms with Gasteiger partial charge in [-0.15, -0.1) is 0 Å². The van der Waals surface area contributed by atoms with Crippen molar-refractivity contribution in [3.8, 4) is 0 Å². The topological polar surface area (TPSA) is 88.5 Å². The molecular formula is C12H16N2O4. The van der Waals surface area contributed by atoms with Crippen molar-refractivity contribution in [2.45, 2.75) is 25.9 Å².